The van der Waals surface area contributed by atoms with E-state index in [2.05, 4.69) is 43.1 Å². The molecule has 1 N–H and O–H groups in total. The topological polar surface area (TPSA) is 18.5 Å². The molecule has 1 unspecified atom stereocenters. The van der Waals surface area contributed by atoms with E-state index in [1.165, 1.54) is 45.4 Å². The number of hydrogen-bond donors (Lipinski definition) is 1. The maximum absolute atomic E-state index is 3.62. The van der Waals surface area contributed by atoms with Gasteiger partial charge in [0.25, 0.3) is 0 Å². The molecule has 17 heavy (non-hydrogen) atoms. The van der Waals surface area contributed by atoms with Crippen LogP contribution in [0.25, 0.3) is 0 Å². The summed E-state index contributed by atoms with van der Waals surface area (Å²) in [7, 11) is 4.33. The number of rotatable bonds is 7. The van der Waals surface area contributed by atoms with Gasteiger partial charge in [0.05, 0.1) is 0 Å². The number of nitrogens with one attached hydrogen (secondary N) is 1. The van der Waals surface area contributed by atoms with Gasteiger partial charge in [0, 0.05) is 25.7 Å². The lowest BCUT2D eigenvalue weighted by molar-refractivity contribution is 0.133. The molecule has 3 nitrogen and oxygen atoms in total. The molecule has 1 saturated heterocycles. The Morgan fingerprint density at radius 2 is 2.06 bits per heavy atom. The van der Waals surface area contributed by atoms with Gasteiger partial charge in [-0.25, -0.2) is 0 Å². The number of hydrogen-bond acceptors (Lipinski definition) is 3. The zero-order chi connectivity index (χ0) is 12.7. The van der Waals surface area contributed by atoms with Crippen molar-refractivity contribution in [3.8, 4) is 0 Å². The van der Waals surface area contributed by atoms with Crippen molar-refractivity contribution in [2.24, 2.45) is 5.92 Å². The normalized spacial score (nSPS) is 22.6. The quantitative estimate of drug-likeness (QED) is 0.731. The second-order valence-electron chi connectivity index (χ2n) is 6.04. The van der Waals surface area contributed by atoms with Crippen LogP contribution in [0.2, 0.25) is 0 Å². The Hall–Kier alpha value is -0.120. The lowest BCUT2D eigenvalue weighted by atomic mass is 10.0. The highest BCUT2D eigenvalue weighted by Crippen LogP contribution is 2.16. The van der Waals surface area contributed by atoms with Crippen LogP contribution in [0.3, 0.4) is 0 Å². The van der Waals surface area contributed by atoms with E-state index in [1.54, 1.807) is 0 Å². The average Bonchev–Trinajstić information content (AvgIpc) is 2.27. The fourth-order valence-electron chi connectivity index (χ4n) is 2.45. The first-order valence-electron chi connectivity index (χ1n) is 7.19. The molecule has 1 aliphatic rings. The maximum atomic E-state index is 3.62. The molecule has 0 radical (unpaired) electrons. The SMILES string of the molecule is CC(C)CNCC1CCCCN1CCN(C)C. The molecule has 3 heteroatoms. The zero-order valence-electron chi connectivity index (χ0n) is 12.2. The van der Waals surface area contributed by atoms with Gasteiger partial charge in [-0.3, -0.25) is 4.90 Å². The summed E-state index contributed by atoms with van der Waals surface area (Å²) in [6, 6.07) is 0.766. The third-order valence-electron chi connectivity index (χ3n) is 3.52. The lowest BCUT2D eigenvalue weighted by Gasteiger charge is -2.36. The number of likely N-dealkylation sites (tertiary alicyclic amines) is 1. The van der Waals surface area contributed by atoms with Crippen LogP contribution >= 0.6 is 0 Å². The van der Waals surface area contributed by atoms with E-state index in [4.69, 9.17) is 0 Å². The monoisotopic (exact) mass is 241 g/mol. The van der Waals surface area contributed by atoms with Gasteiger partial charge in [0.1, 0.15) is 0 Å². The number of nitrogens with zero attached hydrogens (tertiary/aromatic N) is 2. The van der Waals surface area contributed by atoms with E-state index in [9.17, 15) is 0 Å². The van der Waals surface area contributed by atoms with Gasteiger partial charge in [0.15, 0.2) is 0 Å². The van der Waals surface area contributed by atoms with Crippen molar-refractivity contribution in [2.45, 2.75) is 39.2 Å². The summed E-state index contributed by atoms with van der Waals surface area (Å²) in [5.74, 6) is 0.758. The number of likely N-dealkylation sites (N-methyl/N-ethyl adjacent to an activating group) is 1. The van der Waals surface area contributed by atoms with Crippen LogP contribution < -0.4 is 5.32 Å². The lowest BCUT2D eigenvalue weighted by Crippen LogP contribution is -2.48. The van der Waals surface area contributed by atoms with Gasteiger partial charge < -0.3 is 10.2 Å². The van der Waals surface area contributed by atoms with Gasteiger partial charge in [-0.1, -0.05) is 20.3 Å². The minimum absolute atomic E-state index is 0.758. The van der Waals surface area contributed by atoms with Crippen molar-refractivity contribution >= 4 is 0 Å². The summed E-state index contributed by atoms with van der Waals surface area (Å²) < 4.78 is 0. The average molecular weight is 241 g/mol. The first-order valence-corrected chi connectivity index (χ1v) is 7.19. The zero-order valence-corrected chi connectivity index (χ0v) is 12.2. The Morgan fingerprint density at radius 1 is 1.29 bits per heavy atom. The molecular formula is C14H31N3. The van der Waals surface area contributed by atoms with E-state index >= 15 is 0 Å². The predicted octanol–water partition coefficient (Wildman–Crippen LogP) is 1.65. The highest BCUT2D eigenvalue weighted by molar-refractivity contribution is 4.79. The molecule has 0 aromatic heterocycles. The molecule has 0 spiro atoms. The summed E-state index contributed by atoms with van der Waals surface area (Å²) in [4.78, 5) is 4.96. The summed E-state index contributed by atoms with van der Waals surface area (Å²) >= 11 is 0. The number of piperidine rings is 1. The Bertz CT molecular complexity index is 192. The third kappa shape index (κ3) is 6.39. The minimum atomic E-state index is 0.758. The highest BCUT2D eigenvalue weighted by Gasteiger charge is 2.21. The molecule has 0 amide bonds. The Balaban J connectivity index is 2.26. The first-order chi connectivity index (χ1) is 8.09. The van der Waals surface area contributed by atoms with Gasteiger partial charge in [0.2, 0.25) is 0 Å². The Labute approximate surface area is 108 Å². The molecule has 0 aromatic rings. The Kier molecular flexibility index (Phi) is 7.09. The Morgan fingerprint density at radius 3 is 2.71 bits per heavy atom. The van der Waals surface area contributed by atoms with Crippen LogP contribution in [0, 0.1) is 5.92 Å². The molecule has 0 aromatic carbocycles. The van der Waals surface area contributed by atoms with Gasteiger partial charge in [-0.2, -0.15) is 0 Å². The van der Waals surface area contributed by atoms with Gasteiger partial charge in [-0.15, -0.1) is 0 Å². The first kappa shape index (κ1) is 14.9. The molecular weight excluding hydrogens is 210 g/mol. The van der Waals surface area contributed by atoms with Crippen LogP contribution in [-0.4, -0.2) is 62.7 Å². The van der Waals surface area contributed by atoms with Crippen molar-refractivity contribution in [3.63, 3.8) is 0 Å². The largest absolute Gasteiger partial charge is 0.315 e. The molecule has 1 fully saturated rings. The van der Waals surface area contributed by atoms with Crippen molar-refractivity contribution < 1.29 is 0 Å². The minimum Gasteiger partial charge on any atom is -0.315 e. The molecule has 0 saturated carbocycles. The fraction of sp³-hybridized carbons (Fsp3) is 1.00. The van der Waals surface area contributed by atoms with Crippen molar-refractivity contribution in [2.75, 3.05) is 46.8 Å². The van der Waals surface area contributed by atoms with E-state index in [1.807, 2.05) is 0 Å². The van der Waals surface area contributed by atoms with Gasteiger partial charge >= 0.3 is 0 Å². The van der Waals surface area contributed by atoms with Crippen LogP contribution in [0.1, 0.15) is 33.1 Å². The standard InChI is InChI=1S/C14H31N3/c1-13(2)11-15-12-14-7-5-6-8-17(14)10-9-16(3)4/h13-15H,5-12H2,1-4H3. The van der Waals surface area contributed by atoms with Crippen LogP contribution in [0.15, 0.2) is 0 Å². The molecule has 0 bridgehead atoms. The van der Waals surface area contributed by atoms with Crippen molar-refractivity contribution in [3.05, 3.63) is 0 Å². The maximum Gasteiger partial charge on any atom is 0.0221 e. The predicted molar refractivity (Wildman–Crippen MR) is 75.5 cm³/mol. The second kappa shape index (κ2) is 8.06. The van der Waals surface area contributed by atoms with Gasteiger partial charge in [-0.05, 0) is 45.9 Å². The van der Waals surface area contributed by atoms with Crippen LogP contribution in [0.5, 0.6) is 0 Å². The van der Waals surface area contributed by atoms with E-state index in [0.29, 0.717) is 0 Å². The highest BCUT2D eigenvalue weighted by atomic mass is 15.2. The molecule has 1 rings (SSSR count). The summed E-state index contributed by atoms with van der Waals surface area (Å²) in [6.07, 6.45) is 4.17. The smallest absolute Gasteiger partial charge is 0.0221 e. The molecule has 1 heterocycles. The van der Waals surface area contributed by atoms with E-state index in [0.717, 1.165) is 18.5 Å². The molecule has 1 atom stereocenters. The van der Waals surface area contributed by atoms with Crippen LogP contribution in [-0.2, 0) is 0 Å². The fourth-order valence-corrected chi connectivity index (χ4v) is 2.45. The van der Waals surface area contributed by atoms with Crippen molar-refractivity contribution in [1.29, 1.82) is 0 Å². The van der Waals surface area contributed by atoms with Crippen LogP contribution in [0.4, 0.5) is 0 Å². The third-order valence-corrected chi connectivity index (χ3v) is 3.52. The van der Waals surface area contributed by atoms with E-state index in [-0.39, 0.29) is 0 Å². The molecule has 1 aliphatic heterocycles. The summed E-state index contributed by atoms with van der Waals surface area (Å²) in [5.41, 5.74) is 0. The summed E-state index contributed by atoms with van der Waals surface area (Å²) in [6.45, 7) is 10.6. The van der Waals surface area contributed by atoms with E-state index < -0.39 is 0 Å². The second-order valence-corrected chi connectivity index (χ2v) is 6.04. The van der Waals surface area contributed by atoms with Crippen molar-refractivity contribution in [1.82, 2.24) is 15.1 Å². The molecule has 0 aliphatic carbocycles. The summed E-state index contributed by atoms with van der Waals surface area (Å²) in [5, 5.41) is 3.62. The molecule has 102 valence electrons.